The van der Waals surface area contributed by atoms with Crippen molar-refractivity contribution in [2.24, 2.45) is 5.73 Å². The Kier molecular flexibility index (Phi) is 4.75. The quantitative estimate of drug-likeness (QED) is 0.769. The van der Waals surface area contributed by atoms with Crippen molar-refractivity contribution in [1.82, 2.24) is 4.98 Å². The van der Waals surface area contributed by atoms with E-state index >= 15 is 0 Å². The van der Waals surface area contributed by atoms with Crippen LogP contribution in [0.15, 0.2) is 60.7 Å². The molecule has 0 aliphatic rings. The van der Waals surface area contributed by atoms with Gasteiger partial charge in [-0.05, 0) is 73.2 Å². The second-order valence-electron chi connectivity index (χ2n) is 5.69. The van der Waals surface area contributed by atoms with Crippen molar-refractivity contribution in [3.8, 4) is 17.0 Å². The number of ether oxygens (including phenoxy) is 1. The Morgan fingerprint density at radius 2 is 1.76 bits per heavy atom. The number of hydrogen-bond donors (Lipinski definition) is 1. The van der Waals surface area contributed by atoms with Gasteiger partial charge in [0.1, 0.15) is 18.2 Å². The van der Waals surface area contributed by atoms with Crippen molar-refractivity contribution in [2.75, 3.05) is 0 Å². The molecule has 0 bridgehead atoms. The first-order chi connectivity index (χ1) is 12.0. The smallest absolute Gasteiger partial charge is 0.248 e. The largest absolute Gasteiger partial charge is 0.489 e. The molecule has 0 atom stereocenters. The van der Waals surface area contributed by atoms with Gasteiger partial charge in [0.25, 0.3) is 0 Å². The van der Waals surface area contributed by atoms with Crippen molar-refractivity contribution in [1.29, 1.82) is 0 Å². The second-order valence-corrected chi connectivity index (χ2v) is 5.69. The van der Waals surface area contributed by atoms with Gasteiger partial charge in [0.15, 0.2) is 0 Å². The SMILES string of the molecule is Cc1cc(COc2ccc(C(N)=O)cc2)cc(-c2ccc(F)cc2)n1. The number of nitrogens with two attached hydrogens (primary N) is 1. The predicted molar refractivity (Wildman–Crippen MR) is 93.7 cm³/mol. The molecule has 2 N–H and O–H groups in total. The summed E-state index contributed by atoms with van der Waals surface area (Å²) in [5, 5.41) is 0. The molecule has 0 aliphatic heterocycles. The van der Waals surface area contributed by atoms with E-state index in [2.05, 4.69) is 4.98 Å². The Labute approximate surface area is 145 Å². The Morgan fingerprint density at radius 1 is 1.08 bits per heavy atom. The van der Waals surface area contributed by atoms with Gasteiger partial charge in [-0.1, -0.05) is 0 Å². The minimum atomic E-state index is -0.472. The lowest BCUT2D eigenvalue weighted by Gasteiger charge is -2.10. The lowest BCUT2D eigenvalue weighted by molar-refractivity contribution is 0.1000. The van der Waals surface area contributed by atoms with Crippen LogP contribution in [0.3, 0.4) is 0 Å². The van der Waals surface area contributed by atoms with Crippen LogP contribution in [0.4, 0.5) is 4.39 Å². The fourth-order valence-corrected chi connectivity index (χ4v) is 2.47. The molecule has 0 radical (unpaired) electrons. The summed E-state index contributed by atoms with van der Waals surface area (Å²) in [5.74, 6) is -0.109. The van der Waals surface area contributed by atoms with Crippen LogP contribution in [0, 0.1) is 12.7 Å². The number of carbonyl (C=O) groups excluding carboxylic acids is 1. The summed E-state index contributed by atoms with van der Waals surface area (Å²) < 4.78 is 18.8. The maximum absolute atomic E-state index is 13.1. The Balaban J connectivity index is 1.76. The topological polar surface area (TPSA) is 65.2 Å². The van der Waals surface area contributed by atoms with Gasteiger partial charge in [-0.25, -0.2) is 4.39 Å². The third-order valence-electron chi connectivity index (χ3n) is 3.70. The van der Waals surface area contributed by atoms with Crippen molar-refractivity contribution >= 4 is 5.91 Å². The first kappa shape index (κ1) is 16.6. The van der Waals surface area contributed by atoms with Gasteiger partial charge in [-0.3, -0.25) is 9.78 Å². The Morgan fingerprint density at radius 3 is 2.40 bits per heavy atom. The van der Waals surface area contributed by atoms with E-state index in [9.17, 15) is 9.18 Å². The number of amides is 1. The molecule has 0 aliphatic carbocycles. The van der Waals surface area contributed by atoms with Crippen LogP contribution in [0.25, 0.3) is 11.3 Å². The molecule has 3 aromatic rings. The molecule has 1 amide bonds. The second kappa shape index (κ2) is 7.13. The molecule has 0 spiro atoms. The van der Waals surface area contributed by atoms with Crippen LogP contribution in [0.1, 0.15) is 21.6 Å². The number of pyridine rings is 1. The molecule has 126 valence electrons. The number of carbonyl (C=O) groups is 1. The zero-order valence-corrected chi connectivity index (χ0v) is 13.7. The fourth-order valence-electron chi connectivity index (χ4n) is 2.47. The normalized spacial score (nSPS) is 10.5. The highest BCUT2D eigenvalue weighted by Gasteiger charge is 2.05. The summed E-state index contributed by atoms with van der Waals surface area (Å²) in [6, 6.07) is 16.7. The minimum Gasteiger partial charge on any atom is -0.489 e. The molecular weight excluding hydrogens is 319 g/mol. The minimum absolute atomic E-state index is 0.278. The number of benzene rings is 2. The molecule has 2 aromatic carbocycles. The van der Waals surface area contributed by atoms with E-state index < -0.39 is 5.91 Å². The first-order valence-electron chi connectivity index (χ1n) is 7.77. The number of rotatable bonds is 5. The highest BCUT2D eigenvalue weighted by Crippen LogP contribution is 2.21. The zero-order valence-electron chi connectivity index (χ0n) is 13.7. The van der Waals surface area contributed by atoms with E-state index in [0.717, 1.165) is 22.5 Å². The highest BCUT2D eigenvalue weighted by atomic mass is 19.1. The van der Waals surface area contributed by atoms with Gasteiger partial charge in [0.2, 0.25) is 5.91 Å². The lowest BCUT2D eigenvalue weighted by Crippen LogP contribution is -2.10. The number of halogens is 1. The van der Waals surface area contributed by atoms with Crippen molar-refractivity contribution < 1.29 is 13.9 Å². The van der Waals surface area contributed by atoms with Gasteiger partial charge in [-0.15, -0.1) is 0 Å². The van der Waals surface area contributed by atoms with Gasteiger partial charge in [0, 0.05) is 16.8 Å². The number of nitrogens with zero attached hydrogens (tertiary/aromatic N) is 1. The summed E-state index contributed by atoms with van der Waals surface area (Å²) >= 11 is 0. The molecule has 0 unspecified atom stereocenters. The van der Waals surface area contributed by atoms with Crippen LogP contribution in [0.2, 0.25) is 0 Å². The number of aromatic nitrogens is 1. The average molecular weight is 336 g/mol. The maximum Gasteiger partial charge on any atom is 0.248 e. The molecule has 1 aromatic heterocycles. The summed E-state index contributed by atoms with van der Waals surface area (Å²) in [4.78, 5) is 15.6. The zero-order chi connectivity index (χ0) is 17.8. The van der Waals surface area contributed by atoms with Gasteiger partial charge < -0.3 is 10.5 Å². The van der Waals surface area contributed by atoms with E-state index in [1.807, 2.05) is 19.1 Å². The van der Waals surface area contributed by atoms with Crippen LogP contribution in [0.5, 0.6) is 5.75 Å². The van der Waals surface area contributed by atoms with E-state index in [-0.39, 0.29) is 5.82 Å². The first-order valence-corrected chi connectivity index (χ1v) is 7.77. The third-order valence-corrected chi connectivity index (χ3v) is 3.70. The predicted octanol–water partition coefficient (Wildman–Crippen LogP) is 3.87. The molecule has 3 rings (SSSR count). The number of aryl methyl sites for hydroxylation is 1. The molecule has 25 heavy (non-hydrogen) atoms. The fraction of sp³-hybridized carbons (Fsp3) is 0.100. The summed E-state index contributed by atoms with van der Waals surface area (Å²) in [6.07, 6.45) is 0. The maximum atomic E-state index is 13.1. The van der Waals surface area contributed by atoms with Crippen LogP contribution in [-0.2, 0) is 6.61 Å². The molecule has 4 nitrogen and oxygen atoms in total. The Bertz CT molecular complexity index is 891. The molecule has 0 saturated heterocycles. The summed E-state index contributed by atoms with van der Waals surface area (Å²) in [6.45, 7) is 2.26. The van der Waals surface area contributed by atoms with Crippen molar-refractivity contribution in [3.05, 3.63) is 83.3 Å². The van der Waals surface area contributed by atoms with Crippen molar-refractivity contribution in [2.45, 2.75) is 13.5 Å². The molecular formula is C20H17FN2O2. The molecule has 0 fully saturated rings. The number of primary amides is 1. The number of hydrogen-bond acceptors (Lipinski definition) is 3. The van der Waals surface area contributed by atoms with E-state index in [1.165, 1.54) is 12.1 Å². The lowest BCUT2D eigenvalue weighted by atomic mass is 10.1. The van der Waals surface area contributed by atoms with E-state index in [0.29, 0.717) is 17.9 Å². The highest BCUT2D eigenvalue weighted by molar-refractivity contribution is 5.92. The van der Waals surface area contributed by atoms with E-state index in [1.54, 1.807) is 36.4 Å². The van der Waals surface area contributed by atoms with Crippen LogP contribution >= 0.6 is 0 Å². The monoisotopic (exact) mass is 336 g/mol. The molecule has 5 heteroatoms. The molecule has 1 heterocycles. The van der Waals surface area contributed by atoms with Crippen LogP contribution < -0.4 is 10.5 Å². The Hall–Kier alpha value is -3.21. The van der Waals surface area contributed by atoms with Crippen molar-refractivity contribution in [3.63, 3.8) is 0 Å². The standard InChI is InChI=1S/C20H17FN2O2/c1-13-10-14(11-19(23-13)15-2-6-17(21)7-3-15)12-25-18-8-4-16(5-9-18)20(22)24/h2-11H,12H2,1H3,(H2,22,24). The molecule has 0 saturated carbocycles. The van der Waals surface area contributed by atoms with Gasteiger partial charge in [-0.2, -0.15) is 0 Å². The van der Waals surface area contributed by atoms with Crippen LogP contribution in [-0.4, -0.2) is 10.9 Å². The van der Waals surface area contributed by atoms with Gasteiger partial charge in [0.05, 0.1) is 5.69 Å². The van der Waals surface area contributed by atoms with Gasteiger partial charge >= 0.3 is 0 Å². The average Bonchev–Trinajstić information content (AvgIpc) is 2.60. The third kappa shape index (κ3) is 4.20. The van der Waals surface area contributed by atoms with E-state index in [4.69, 9.17) is 10.5 Å². The summed E-state index contributed by atoms with van der Waals surface area (Å²) in [7, 11) is 0. The summed E-state index contributed by atoms with van der Waals surface area (Å²) in [5.41, 5.74) is 9.06.